The summed E-state index contributed by atoms with van der Waals surface area (Å²) in [4.78, 5) is 39.1. The number of nitro groups is 1. The van der Waals surface area contributed by atoms with E-state index in [0.29, 0.717) is 5.82 Å². The third-order valence-corrected chi connectivity index (χ3v) is 4.56. The molecular weight excluding hydrogens is 449 g/mol. The number of amides is 1. The van der Waals surface area contributed by atoms with Gasteiger partial charge in [-0.15, -0.1) is 0 Å². The summed E-state index contributed by atoms with van der Waals surface area (Å²) in [6.45, 7) is 2.94. The molecular formula is C19H15Cl2N5O5. The van der Waals surface area contributed by atoms with E-state index in [1.54, 1.807) is 6.07 Å². The van der Waals surface area contributed by atoms with E-state index >= 15 is 0 Å². The van der Waals surface area contributed by atoms with Gasteiger partial charge < -0.3 is 10.1 Å². The number of halogens is 2. The van der Waals surface area contributed by atoms with Crippen molar-refractivity contribution in [1.82, 2.24) is 14.8 Å². The van der Waals surface area contributed by atoms with Crippen LogP contribution in [0.3, 0.4) is 0 Å². The predicted octanol–water partition coefficient (Wildman–Crippen LogP) is 3.89. The molecule has 0 radical (unpaired) electrons. The Balaban J connectivity index is 1.71. The van der Waals surface area contributed by atoms with E-state index in [1.807, 2.05) is 19.9 Å². The minimum atomic E-state index is -0.936. The molecule has 2 aromatic heterocycles. The number of esters is 1. The first-order chi connectivity index (χ1) is 14.7. The van der Waals surface area contributed by atoms with Crippen molar-refractivity contribution in [3.05, 3.63) is 73.6 Å². The molecule has 0 bridgehead atoms. The van der Waals surface area contributed by atoms with Gasteiger partial charge in [0.15, 0.2) is 18.1 Å². The number of aryl methyl sites for hydroxylation is 2. The Labute approximate surface area is 185 Å². The molecule has 3 aromatic rings. The smallest absolute Gasteiger partial charge is 0.359 e. The van der Waals surface area contributed by atoms with Crippen molar-refractivity contribution in [1.29, 1.82) is 0 Å². The number of ether oxygens (including phenoxy) is 1. The summed E-state index contributed by atoms with van der Waals surface area (Å²) >= 11 is 11.8. The highest BCUT2D eigenvalue weighted by molar-refractivity contribution is 6.33. The molecule has 0 aliphatic rings. The van der Waals surface area contributed by atoms with E-state index in [-0.39, 0.29) is 21.4 Å². The molecule has 1 amide bonds. The zero-order chi connectivity index (χ0) is 22.7. The molecule has 1 N–H and O–H groups in total. The monoisotopic (exact) mass is 463 g/mol. The summed E-state index contributed by atoms with van der Waals surface area (Å²) in [5, 5.41) is 17.9. The second-order valence-corrected chi connectivity index (χ2v) is 7.23. The van der Waals surface area contributed by atoms with Gasteiger partial charge in [0.1, 0.15) is 5.69 Å². The van der Waals surface area contributed by atoms with Crippen LogP contribution in [0.25, 0.3) is 5.82 Å². The molecule has 160 valence electrons. The highest BCUT2D eigenvalue weighted by Gasteiger charge is 2.20. The number of nitrogens with one attached hydrogen (secondary N) is 1. The first kappa shape index (κ1) is 22.2. The fourth-order valence-electron chi connectivity index (χ4n) is 2.70. The fourth-order valence-corrected chi connectivity index (χ4v) is 3.05. The van der Waals surface area contributed by atoms with Crippen molar-refractivity contribution in [2.75, 3.05) is 11.9 Å². The number of carbonyl (C=O) groups excluding carboxylic acids is 2. The molecule has 31 heavy (non-hydrogen) atoms. The molecule has 0 unspecified atom stereocenters. The maximum atomic E-state index is 12.4. The van der Waals surface area contributed by atoms with Crippen molar-refractivity contribution < 1.29 is 19.2 Å². The Kier molecular flexibility index (Phi) is 6.52. The maximum Gasteiger partial charge on any atom is 0.359 e. The van der Waals surface area contributed by atoms with Gasteiger partial charge in [-0.05, 0) is 44.2 Å². The highest BCUT2D eigenvalue weighted by Crippen LogP contribution is 2.27. The number of carbonyl (C=O) groups is 2. The van der Waals surface area contributed by atoms with Gasteiger partial charge in [0.2, 0.25) is 0 Å². The molecule has 2 heterocycles. The number of aromatic nitrogens is 3. The summed E-state index contributed by atoms with van der Waals surface area (Å²) in [5.41, 5.74) is 0.895. The van der Waals surface area contributed by atoms with Gasteiger partial charge in [0, 0.05) is 16.8 Å². The maximum absolute atomic E-state index is 12.4. The molecule has 0 atom stereocenters. The van der Waals surface area contributed by atoms with Crippen molar-refractivity contribution in [2.45, 2.75) is 13.8 Å². The van der Waals surface area contributed by atoms with Crippen molar-refractivity contribution in [3.63, 3.8) is 0 Å². The first-order valence-electron chi connectivity index (χ1n) is 8.77. The van der Waals surface area contributed by atoms with E-state index in [4.69, 9.17) is 27.9 Å². The standard InChI is InChI=1S/C19H15Cl2N5O5/c1-10-7-11(2)25(24-10)16-6-4-13(21)18(23-16)19(28)31-9-17(27)22-14-5-3-12(20)8-15(14)26(29)30/h3-8H,9H2,1-2H3,(H,22,27). The van der Waals surface area contributed by atoms with Gasteiger partial charge in [-0.25, -0.2) is 14.5 Å². The molecule has 0 saturated carbocycles. The quantitative estimate of drug-likeness (QED) is 0.333. The Bertz CT molecular complexity index is 1190. The van der Waals surface area contributed by atoms with E-state index in [0.717, 1.165) is 17.5 Å². The van der Waals surface area contributed by atoms with Crippen LogP contribution in [0.1, 0.15) is 21.9 Å². The van der Waals surface area contributed by atoms with Gasteiger partial charge in [0.25, 0.3) is 11.6 Å². The van der Waals surface area contributed by atoms with Crippen LogP contribution in [0.5, 0.6) is 0 Å². The lowest BCUT2D eigenvalue weighted by molar-refractivity contribution is -0.383. The summed E-state index contributed by atoms with van der Waals surface area (Å²) in [6, 6.07) is 8.64. The summed E-state index contributed by atoms with van der Waals surface area (Å²) in [5.74, 6) is -1.37. The van der Waals surface area contributed by atoms with E-state index < -0.39 is 29.1 Å². The van der Waals surface area contributed by atoms with E-state index in [9.17, 15) is 19.7 Å². The molecule has 0 spiro atoms. The van der Waals surface area contributed by atoms with E-state index in [2.05, 4.69) is 15.4 Å². The lowest BCUT2D eigenvalue weighted by Gasteiger charge is -2.09. The van der Waals surface area contributed by atoms with Crippen LogP contribution in [0.2, 0.25) is 10.0 Å². The third kappa shape index (κ3) is 5.16. The largest absolute Gasteiger partial charge is 0.451 e. The lowest BCUT2D eigenvalue weighted by Crippen LogP contribution is -2.22. The molecule has 1 aromatic carbocycles. The van der Waals surface area contributed by atoms with Crippen LogP contribution in [0.15, 0.2) is 36.4 Å². The molecule has 0 aliphatic heterocycles. The van der Waals surface area contributed by atoms with Gasteiger partial charge >= 0.3 is 5.97 Å². The molecule has 0 fully saturated rings. The molecule has 0 saturated heterocycles. The number of nitrogens with zero attached hydrogens (tertiary/aromatic N) is 4. The zero-order valence-corrected chi connectivity index (χ0v) is 17.8. The van der Waals surface area contributed by atoms with Crippen LogP contribution in [-0.4, -0.2) is 38.2 Å². The second-order valence-electron chi connectivity index (χ2n) is 6.38. The Morgan fingerprint density at radius 3 is 2.58 bits per heavy atom. The molecule has 10 nitrogen and oxygen atoms in total. The number of hydrogen-bond donors (Lipinski definition) is 1. The van der Waals surface area contributed by atoms with Crippen LogP contribution in [0.4, 0.5) is 11.4 Å². The van der Waals surface area contributed by atoms with Gasteiger partial charge in [-0.3, -0.25) is 14.9 Å². The first-order valence-corrected chi connectivity index (χ1v) is 9.52. The Hall–Kier alpha value is -3.50. The number of nitro benzene ring substituents is 1. The van der Waals surface area contributed by atoms with Crippen LogP contribution >= 0.6 is 23.2 Å². The van der Waals surface area contributed by atoms with Crippen molar-refractivity contribution in [3.8, 4) is 5.82 Å². The Morgan fingerprint density at radius 2 is 1.94 bits per heavy atom. The number of pyridine rings is 1. The third-order valence-electron chi connectivity index (χ3n) is 4.02. The molecule has 0 aliphatic carbocycles. The van der Waals surface area contributed by atoms with Gasteiger partial charge in [-0.2, -0.15) is 5.10 Å². The number of rotatable bonds is 6. The topological polar surface area (TPSA) is 129 Å². The normalized spacial score (nSPS) is 10.6. The van der Waals surface area contributed by atoms with Crippen molar-refractivity contribution >= 4 is 46.5 Å². The van der Waals surface area contributed by atoms with Crippen LogP contribution < -0.4 is 5.32 Å². The fraction of sp³-hybridized carbons (Fsp3) is 0.158. The minimum Gasteiger partial charge on any atom is -0.451 e. The summed E-state index contributed by atoms with van der Waals surface area (Å²) in [6.07, 6.45) is 0. The number of hydrogen-bond acceptors (Lipinski definition) is 7. The van der Waals surface area contributed by atoms with Crippen molar-refractivity contribution in [2.24, 2.45) is 0 Å². The SMILES string of the molecule is Cc1cc(C)n(-c2ccc(Cl)c(C(=O)OCC(=O)Nc3ccc(Cl)cc3[N+](=O)[O-])n2)n1. The zero-order valence-electron chi connectivity index (χ0n) is 16.3. The summed E-state index contributed by atoms with van der Waals surface area (Å²) < 4.78 is 6.51. The Morgan fingerprint density at radius 1 is 1.19 bits per heavy atom. The molecule has 3 rings (SSSR count). The molecule has 12 heteroatoms. The number of anilines is 1. The average molecular weight is 464 g/mol. The van der Waals surface area contributed by atoms with Gasteiger partial charge in [0.05, 0.1) is 15.6 Å². The lowest BCUT2D eigenvalue weighted by atomic mass is 10.2. The summed E-state index contributed by atoms with van der Waals surface area (Å²) in [7, 11) is 0. The average Bonchev–Trinajstić information content (AvgIpc) is 3.05. The van der Waals surface area contributed by atoms with Crippen LogP contribution in [0, 0.1) is 24.0 Å². The van der Waals surface area contributed by atoms with Gasteiger partial charge in [-0.1, -0.05) is 23.2 Å². The minimum absolute atomic E-state index is 0.0315. The van der Waals surface area contributed by atoms with E-state index in [1.165, 1.54) is 22.9 Å². The number of benzene rings is 1. The van der Waals surface area contributed by atoms with Crippen LogP contribution in [-0.2, 0) is 9.53 Å². The second kappa shape index (κ2) is 9.11. The predicted molar refractivity (Wildman–Crippen MR) is 113 cm³/mol. The highest BCUT2D eigenvalue weighted by atomic mass is 35.5.